The van der Waals surface area contributed by atoms with E-state index in [2.05, 4.69) is 0 Å². The van der Waals surface area contributed by atoms with Crippen LogP contribution in [0.3, 0.4) is 0 Å². The first-order valence-corrected chi connectivity index (χ1v) is 6.60. The van der Waals surface area contributed by atoms with Crippen molar-refractivity contribution in [3.8, 4) is 0 Å². The van der Waals surface area contributed by atoms with E-state index in [1.807, 2.05) is 25.7 Å². The topological polar surface area (TPSA) is 55.6 Å². The minimum absolute atomic E-state index is 0.0568. The van der Waals surface area contributed by atoms with Gasteiger partial charge in [0.15, 0.2) is 0 Å². The number of rotatable bonds is 4. The molecule has 1 heterocycles. The highest BCUT2D eigenvalue weighted by Gasteiger charge is 2.31. The van der Waals surface area contributed by atoms with Crippen molar-refractivity contribution in [2.75, 3.05) is 13.1 Å². The molecule has 0 bridgehead atoms. The number of nitrogens with two attached hydrogens (primary N) is 1. The monoisotopic (exact) mass is 258 g/mol. The Morgan fingerprint density at radius 2 is 2.00 bits per heavy atom. The van der Waals surface area contributed by atoms with Crippen LogP contribution in [0.25, 0.3) is 0 Å². The molecule has 1 aliphatic heterocycles. The van der Waals surface area contributed by atoms with Crippen molar-refractivity contribution >= 4 is 23.1 Å². The van der Waals surface area contributed by atoms with Gasteiger partial charge in [-0.25, -0.2) is 0 Å². The van der Waals surface area contributed by atoms with Crippen molar-refractivity contribution in [1.82, 2.24) is 4.90 Å². The highest BCUT2D eigenvalue weighted by molar-refractivity contribution is 7.80. The standard InChI is InChI=1S/C12H22N2O2S/c1-4-5-10(11(13)17)12(15)14-6-8(2)16-9(3)7-14/h8-10H,4-7H2,1-3H3,(H2,13,17). The van der Waals surface area contributed by atoms with Crippen LogP contribution in [-0.4, -0.2) is 41.1 Å². The Bertz CT molecular complexity index is 286. The van der Waals surface area contributed by atoms with Gasteiger partial charge in [-0.2, -0.15) is 0 Å². The second kappa shape index (κ2) is 6.31. The Kier molecular flexibility index (Phi) is 5.33. The molecule has 0 aliphatic carbocycles. The average Bonchev–Trinajstić information content (AvgIpc) is 2.23. The van der Waals surface area contributed by atoms with Crippen LogP contribution in [0.4, 0.5) is 0 Å². The summed E-state index contributed by atoms with van der Waals surface area (Å²) >= 11 is 4.99. The first kappa shape index (κ1) is 14.4. The fourth-order valence-corrected chi connectivity index (χ4v) is 2.47. The number of hydrogen-bond donors (Lipinski definition) is 1. The molecule has 1 saturated heterocycles. The summed E-state index contributed by atoms with van der Waals surface area (Å²) in [4.78, 5) is 14.5. The highest BCUT2D eigenvalue weighted by Crippen LogP contribution is 2.17. The second-order valence-electron chi connectivity index (χ2n) is 4.74. The Balaban J connectivity index is 2.69. The summed E-state index contributed by atoms with van der Waals surface area (Å²) in [5.41, 5.74) is 5.65. The van der Waals surface area contributed by atoms with Gasteiger partial charge >= 0.3 is 0 Å². The van der Waals surface area contributed by atoms with E-state index in [1.54, 1.807) is 0 Å². The van der Waals surface area contributed by atoms with Crippen LogP contribution < -0.4 is 5.73 Å². The predicted octanol–water partition coefficient (Wildman–Crippen LogP) is 1.32. The lowest BCUT2D eigenvalue weighted by atomic mass is 10.0. The summed E-state index contributed by atoms with van der Waals surface area (Å²) < 4.78 is 5.61. The first-order chi connectivity index (χ1) is 7.95. The van der Waals surface area contributed by atoms with Crippen LogP contribution in [0.2, 0.25) is 0 Å². The minimum Gasteiger partial charge on any atom is -0.393 e. The molecular formula is C12H22N2O2S. The maximum atomic E-state index is 12.3. The molecule has 5 heteroatoms. The van der Waals surface area contributed by atoms with E-state index in [1.165, 1.54) is 0 Å². The van der Waals surface area contributed by atoms with Crippen molar-refractivity contribution in [2.24, 2.45) is 11.7 Å². The van der Waals surface area contributed by atoms with E-state index in [4.69, 9.17) is 22.7 Å². The zero-order valence-corrected chi connectivity index (χ0v) is 11.6. The van der Waals surface area contributed by atoms with Gasteiger partial charge in [0.1, 0.15) is 0 Å². The molecule has 0 radical (unpaired) electrons. The maximum absolute atomic E-state index is 12.3. The van der Waals surface area contributed by atoms with E-state index in [9.17, 15) is 4.79 Å². The van der Waals surface area contributed by atoms with Crippen molar-refractivity contribution < 1.29 is 9.53 Å². The van der Waals surface area contributed by atoms with Gasteiger partial charge in [0.2, 0.25) is 5.91 Å². The SMILES string of the molecule is CCCC(C(=O)N1CC(C)OC(C)C1)C(N)=S. The van der Waals surface area contributed by atoms with E-state index < -0.39 is 0 Å². The van der Waals surface area contributed by atoms with Gasteiger partial charge in [0.05, 0.1) is 23.1 Å². The molecule has 0 aromatic carbocycles. The zero-order valence-electron chi connectivity index (χ0n) is 10.8. The fraction of sp³-hybridized carbons (Fsp3) is 0.833. The quantitative estimate of drug-likeness (QED) is 0.773. The molecule has 1 fully saturated rings. The van der Waals surface area contributed by atoms with E-state index in [0.717, 1.165) is 12.8 Å². The fourth-order valence-electron chi connectivity index (χ4n) is 2.25. The van der Waals surface area contributed by atoms with Gasteiger partial charge in [-0.3, -0.25) is 4.79 Å². The Morgan fingerprint density at radius 3 is 2.41 bits per heavy atom. The van der Waals surface area contributed by atoms with Crippen molar-refractivity contribution in [3.63, 3.8) is 0 Å². The summed E-state index contributed by atoms with van der Waals surface area (Å²) in [5.74, 6) is -0.256. The average molecular weight is 258 g/mol. The lowest BCUT2D eigenvalue weighted by molar-refractivity contribution is -0.145. The van der Waals surface area contributed by atoms with E-state index in [-0.39, 0.29) is 24.0 Å². The molecule has 3 unspecified atom stereocenters. The molecule has 17 heavy (non-hydrogen) atoms. The summed E-state index contributed by atoms with van der Waals surface area (Å²) in [6, 6.07) is 0. The maximum Gasteiger partial charge on any atom is 0.232 e. The number of thiocarbonyl (C=S) groups is 1. The van der Waals surface area contributed by atoms with Crippen LogP contribution in [0.1, 0.15) is 33.6 Å². The smallest absolute Gasteiger partial charge is 0.232 e. The summed E-state index contributed by atoms with van der Waals surface area (Å²) in [5, 5.41) is 0. The number of morpholine rings is 1. The van der Waals surface area contributed by atoms with Gasteiger partial charge in [0, 0.05) is 13.1 Å². The molecule has 1 rings (SSSR count). The first-order valence-electron chi connectivity index (χ1n) is 6.19. The third-order valence-corrected chi connectivity index (χ3v) is 3.23. The number of carbonyl (C=O) groups is 1. The lowest BCUT2D eigenvalue weighted by Gasteiger charge is -2.37. The van der Waals surface area contributed by atoms with Crippen LogP contribution in [-0.2, 0) is 9.53 Å². The molecular weight excluding hydrogens is 236 g/mol. The van der Waals surface area contributed by atoms with E-state index in [0.29, 0.717) is 18.1 Å². The van der Waals surface area contributed by atoms with Gasteiger partial charge in [-0.1, -0.05) is 25.6 Å². The van der Waals surface area contributed by atoms with Crippen LogP contribution in [0.5, 0.6) is 0 Å². The molecule has 3 atom stereocenters. The summed E-state index contributed by atoms with van der Waals surface area (Å²) in [6.45, 7) is 7.25. The Morgan fingerprint density at radius 1 is 1.47 bits per heavy atom. The Hall–Kier alpha value is -0.680. The molecule has 0 aromatic rings. The zero-order chi connectivity index (χ0) is 13.0. The van der Waals surface area contributed by atoms with Crippen molar-refractivity contribution in [2.45, 2.75) is 45.8 Å². The van der Waals surface area contributed by atoms with Crippen LogP contribution >= 0.6 is 12.2 Å². The molecule has 2 N–H and O–H groups in total. The normalized spacial score (nSPS) is 26.6. The number of ether oxygens (including phenoxy) is 1. The van der Waals surface area contributed by atoms with Crippen molar-refractivity contribution in [3.05, 3.63) is 0 Å². The third kappa shape index (κ3) is 3.92. The van der Waals surface area contributed by atoms with E-state index >= 15 is 0 Å². The summed E-state index contributed by atoms with van der Waals surface area (Å²) in [7, 11) is 0. The van der Waals surface area contributed by atoms with Gasteiger partial charge in [-0.05, 0) is 20.3 Å². The van der Waals surface area contributed by atoms with Gasteiger partial charge in [0.25, 0.3) is 0 Å². The molecule has 4 nitrogen and oxygen atoms in total. The summed E-state index contributed by atoms with van der Waals surface area (Å²) in [6.07, 6.45) is 1.80. The van der Waals surface area contributed by atoms with Gasteiger partial charge in [-0.15, -0.1) is 0 Å². The molecule has 1 aliphatic rings. The predicted molar refractivity (Wildman–Crippen MR) is 71.8 cm³/mol. The highest BCUT2D eigenvalue weighted by atomic mass is 32.1. The van der Waals surface area contributed by atoms with Crippen molar-refractivity contribution in [1.29, 1.82) is 0 Å². The molecule has 0 aromatic heterocycles. The van der Waals surface area contributed by atoms with Gasteiger partial charge < -0.3 is 15.4 Å². The largest absolute Gasteiger partial charge is 0.393 e. The third-order valence-electron chi connectivity index (χ3n) is 2.95. The van der Waals surface area contributed by atoms with Crippen LogP contribution in [0.15, 0.2) is 0 Å². The molecule has 0 saturated carbocycles. The number of amides is 1. The minimum atomic E-state index is -0.312. The molecule has 0 spiro atoms. The molecule has 1 amide bonds. The Labute approximate surface area is 108 Å². The second-order valence-corrected chi connectivity index (χ2v) is 5.22. The number of hydrogen-bond acceptors (Lipinski definition) is 3. The van der Waals surface area contributed by atoms with Crippen LogP contribution in [0, 0.1) is 5.92 Å². The number of carbonyl (C=O) groups excluding carboxylic acids is 1. The lowest BCUT2D eigenvalue weighted by Crippen LogP contribution is -2.51. The molecule has 98 valence electrons. The number of nitrogens with zero attached hydrogens (tertiary/aromatic N) is 1.